The van der Waals surface area contributed by atoms with E-state index >= 15 is 0 Å². The topological polar surface area (TPSA) is 70.6 Å². The first-order chi connectivity index (χ1) is 7.63. The summed E-state index contributed by atoms with van der Waals surface area (Å²) in [6, 6.07) is 0.389. The smallest absolute Gasteiger partial charge is 0.189 e. The maximum atomic E-state index is 9.18. The Labute approximate surface area is 98.3 Å². The van der Waals surface area contributed by atoms with Gasteiger partial charge in [-0.3, -0.25) is 4.99 Å². The van der Waals surface area contributed by atoms with Crippen LogP contribution in [-0.4, -0.2) is 29.8 Å². The molecule has 0 aromatic rings. The van der Waals surface area contributed by atoms with Crippen molar-refractivity contribution in [2.45, 2.75) is 58.0 Å². The third kappa shape index (κ3) is 4.39. The fourth-order valence-electron chi connectivity index (χ4n) is 2.06. The van der Waals surface area contributed by atoms with E-state index in [9.17, 15) is 5.11 Å². The van der Waals surface area contributed by atoms with Crippen molar-refractivity contribution in [1.29, 1.82) is 0 Å². The molecule has 1 saturated carbocycles. The van der Waals surface area contributed by atoms with Crippen molar-refractivity contribution in [2.24, 2.45) is 16.6 Å². The lowest BCUT2D eigenvalue weighted by Gasteiger charge is -2.23. The molecule has 0 saturated heterocycles. The van der Waals surface area contributed by atoms with E-state index in [1.54, 1.807) is 0 Å². The highest BCUT2D eigenvalue weighted by atomic mass is 16.3. The third-order valence-corrected chi connectivity index (χ3v) is 3.23. The Morgan fingerprint density at radius 1 is 1.38 bits per heavy atom. The zero-order chi connectivity index (χ0) is 12.0. The van der Waals surface area contributed by atoms with Crippen LogP contribution in [0.15, 0.2) is 4.99 Å². The van der Waals surface area contributed by atoms with Gasteiger partial charge < -0.3 is 16.2 Å². The minimum Gasteiger partial charge on any atom is -0.394 e. The fourth-order valence-corrected chi connectivity index (χ4v) is 2.06. The second kappa shape index (κ2) is 6.74. The van der Waals surface area contributed by atoms with E-state index in [0.29, 0.717) is 17.9 Å². The summed E-state index contributed by atoms with van der Waals surface area (Å²) in [5.74, 6) is 0.838. The molecule has 0 amide bonds. The largest absolute Gasteiger partial charge is 0.394 e. The third-order valence-electron chi connectivity index (χ3n) is 3.23. The van der Waals surface area contributed by atoms with E-state index in [1.165, 1.54) is 19.3 Å². The van der Waals surface area contributed by atoms with Crippen molar-refractivity contribution in [3.8, 4) is 0 Å². The van der Waals surface area contributed by atoms with Crippen LogP contribution in [0.2, 0.25) is 0 Å². The highest BCUT2D eigenvalue weighted by Crippen LogP contribution is 2.19. The highest BCUT2D eigenvalue weighted by Gasteiger charge is 2.15. The van der Waals surface area contributed by atoms with Gasteiger partial charge in [0, 0.05) is 0 Å². The van der Waals surface area contributed by atoms with E-state index < -0.39 is 0 Å². The predicted octanol–water partition coefficient (Wildman–Crippen LogP) is 1.24. The highest BCUT2D eigenvalue weighted by molar-refractivity contribution is 5.78. The zero-order valence-corrected chi connectivity index (χ0v) is 10.4. The van der Waals surface area contributed by atoms with Crippen molar-refractivity contribution in [1.82, 2.24) is 5.32 Å². The fraction of sp³-hybridized carbons (Fsp3) is 0.917. The van der Waals surface area contributed by atoms with Gasteiger partial charge in [0.25, 0.3) is 0 Å². The Hall–Kier alpha value is -0.770. The summed E-state index contributed by atoms with van der Waals surface area (Å²) in [4.78, 5) is 4.48. The second-order valence-electron chi connectivity index (χ2n) is 4.98. The summed E-state index contributed by atoms with van der Waals surface area (Å²) >= 11 is 0. The molecule has 0 aromatic carbocycles. The first-order valence-corrected chi connectivity index (χ1v) is 6.34. The first-order valence-electron chi connectivity index (χ1n) is 6.34. The average Bonchev–Trinajstić information content (AvgIpc) is 2.27. The maximum absolute atomic E-state index is 9.18. The van der Waals surface area contributed by atoms with Crippen molar-refractivity contribution < 1.29 is 5.11 Å². The van der Waals surface area contributed by atoms with Crippen molar-refractivity contribution in [3.05, 3.63) is 0 Å². The minimum atomic E-state index is 0.00680. The molecule has 0 radical (unpaired) electrons. The number of aliphatic hydroxyl groups is 1. The summed E-state index contributed by atoms with van der Waals surface area (Å²) in [6.45, 7) is 4.21. The number of aliphatic hydroxyl groups excluding tert-OH is 1. The molecule has 0 aliphatic heterocycles. The molecule has 1 aliphatic rings. The summed E-state index contributed by atoms with van der Waals surface area (Å²) in [7, 11) is 0. The maximum Gasteiger partial charge on any atom is 0.189 e. The Morgan fingerprint density at radius 2 is 2.00 bits per heavy atom. The number of nitrogens with one attached hydrogen (secondary N) is 1. The number of nitrogens with zero attached hydrogens (tertiary/aromatic N) is 1. The summed E-state index contributed by atoms with van der Waals surface area (Å²) in [5, 5.41) is 12.3. The molecule has 1 unspecified atom stereocenters. The van der Waals surface area contributed by atoms with Crippen LogP contribution < -0.4 is 11.1 Å². The van der Waals surface area contributed by atoms with E-state index in [-0.39, 0.29) is 12.6 Å². The number of nitrogens with two attached hydrogens (primary N) is 1. The number of hydrogen-bond donors (Lipinski definition) is 3. The molecule has 1 rings (SSSR count). The van der Waals surface area contributed by atoms with Gasteiger partial charge >= 0.3 is 0 Å². The van der Waals surface area contributed by atoms with Gasteiger partial charge in [-0.15, -0.1) is 0 Å². The summed E-state index contributed by atoms with van der Waals surface area (Å²) in [6.07, 6.45) is 6.14. The molecule has 0 heterocycles. The van der Waals surface area contributed by atoms with Crippen molar-refractivity contribution in [2.75, 3.05) is 6.61 Å². The molecule has 1 aliphatic carbocycles. The van der Waals surface area contributed by atoms with E-state index in [1.807, 2.05) is 0 Å². The molecule has 1 atom stereocenters. The van der Waals surface area contributed by atoms with Gasteiger partial charge in [-0.1, -0.05) is 33.1 Å². The van der Waals surface area contributed by atoms with Gasteiger partial charge in [-0.25, -0.2) is 0 Å². The van der Waals surface area contributed by atoms with Crippen LogP contribution in [0.25, 0.3) is 0 Å². The second-order valence-corrected chi connectivity index (χ2v) is 4.98. The molecule has 4 heteroatoms. The predicted molar refractivity (Wildman–Crippen MR) is 67.3 cm³/mol. The van der Waals surface area contributed by atoms with Crippen molar-refractivity contribution in [3.63, 3.8) is 0 Å². The Bertz CT molecular complexity index is 222. The molecule has 4 N–H and O–H groups in total. The molecular formula is C12H25N3O. The Morgan fingerprint density at radius 3 is 2.50 bits per heavy atom. The Balaban J connectivity index is 2.42. The molecule has 4 nitrogen and oxygen atoms in total. The molecule has 16 heavy (non-hydrogen) atoms. The van der Waals surface area contributed by atoms with Crippen LogP contribution in [0.4, 0.5) is 0 Å². The van der Waals surface area contributed by atoms with E-state index in [2.05, 4.69) is 24.2 Å². The van der Waals surface area contributed by atoms with Crippen LogP contribution in [0.1, 0.15) is 46.0 Å². The lowest BCUT2D eigenvalue weighted by molar-refractivity contribution is 0.225. The van der Waals surface area contributed by atoms with Crippen LogP contribution in [-0.2, 0) is 0 Å². The monoisotopic (exact) mass is 227 g/mol. The number of guanidine groups is 1. The molecule has 94 valence electrons. The van der Waals surface area contributed by atoms with E-state index in [4.69, 9.17) is 5.73 Å². The quantitative estimate of drug-likeness (QED) is 0.500. The van der Waals surface area contributed by atoms with Gasteiger partial charge in [-0.05, 0) is 18.8 Å². The first kappa shape index (κ1) is 13.3. The number of aliphatic imine (C=N–C) groups is 1. The minimum absolute atomic E-state index is 0.00680. The van der Waals surface area contributed by atoms with Gasteiger partial charge in [-0.2, -0.15) is 0 Å². The average molecular weight is 227 g/mol. The van der Waals surface area contributed by atoms with Gasteiger partial charge in [0.05, 0.1) is 18.7 Å². The van der Waals surface area contributed by atoms with Crippen LogP contribution in [0, 0.1) is 5.92 Å². The molecular weight excluding hydrogens is 202 g/mol. The number of hydrogen-bond acceptors (Lipinski definition) is 2. The lowest BCUT2D eigenvalue weighted by Crippen LogP contribution is -2.45. The normalized spacial score (nSPS) is 21.1. The van der Waals surface area contributed by atoms with Crippen LogP contribution in [0.5, 0.6) is 0 Å². The van der Waals surface area contributed by atoms with Gasteiger partial charge in [0.2, 0.25) is 0 Å². The Kier molecular flexibility index (Phi) is 5.60. The zero-order valence-electron chi connectivity index (χ0n) is 10.4. The van der Waals surface area contributed by atoms with Crippen molar-refractivity contribution >= 4 is 5.96 Å². The van der Waals surface area contributed by atoms with Crippen LogP contribution in [0.3, 0.4) is 0 Å². The van der Waals surface area contributed by atoms with E-state index in [0.717, 1.165) is 12.8 Å². The molecule has 0 spiro atoms. The van der Waals surface area contributed by atoms with Gasteiger partial charge in [0.1, 0.15) is 0 Å². The molecule has 0 aromatic heterocycles. The van der Waals surface area contributed by atoms with Crippen LogP contribution >= 0.6 is 0 Å². The standard InChI is InChI=1S/C12H25N3O/c1-9(2)11(8-16)15-12(13)14-10-6-4-3-5-7-10/h9-11,16H,3-8H2,1-2H3,(H3,13,14,15). The molecule has 0 bridgehead atoms. The summed E-state index contributed by atoms with van der Waals surface area (Å²) in [5.41, 5.74) is 5.85. The lowest BCUT2D eigenvalue weighted by atomic mass is 9.96. The SMILES string of the molecule is CC(C)C(CO)NC(N)=NC1CCCCC1. The van der Waals surface area contributed by atoms with Gasteiger partial charge in [0.15, 0.2) is 5.96 Å². The molecule has 1 fully saturated rings. The summed E-state index contributed by atoms with van der Waals surface area (Å²) < 4.78 is 0. The number of rotatable bonds is 4.